The highest BCUT2D eigenvalue weighted by atomic mass is 35.5. The van der Waals surface area contributed by atoms with Crippen LogP contribution in [0.25, 0.3) is 0 Å². The van der Waals surface area contributed by atoms with Gasteiger partial charge in [-0.05, 0) is 17.7 Å². The molecule has 0 bridgehead atoms. The second-order valence-corrected chi connectivity index (χ2v) is 3.09. The quantitative estimate of drug-likeness (QED) is 0.737. The molecule has 0 saturated carbocycles. The minimum Gasteiger partial charge on any atom is -0.343 e. The van der Waals surface area contributed by atoms with Crippen LogP contribution in [0.3, 0.4) is 0 Å². The van der Waals surface area contributed by atoms with Gasteiger partial charge in [-0.2, -0.15) is 4.98 Å². The van der Waals surface area contributed by atoms with Crippen LogP contribution in [0.4, 0.5) is 0 Å². The van der Waals surface area contributed by atoms with Gasteiger partial charge in [-0.3, -0.25) is 0 Å². The zero-order chi connectivity index (χ0) is 9.10. The highest BCUT2D eigenvalue weighted by molar-refractivity contribution is 6.30. The number of aromatic nitrogens is 2. The van der Waals surface area contributed by atoms with E-state index in [0.29, 0.717) is 12.2 Å². The monoisotopic (exact) mass is 194 g/mol. The van der Waals surface area contributed by atoms with Crippen LogP contribution in [-0.2, 0) is 6.42 Å². The maximum absolute atomic E-state index is 5.74. The highest BCUT2D eigenvalue weighted by Crippen LogP contribution is 2.11. The van der Waals surface area contributed by atoms with Crippen molar-refractivity contribution in [3.05, 3.63) is 47.1 Å². The van der Waals surface area contributed by atoms with Crippen LogP contribution < -0.4 is 0 Å². The number of nitrogens with zero attached hydrogens (tertiary/aromatic N) is 2. The van der Waals surface area contributed by atoms with E-state index in [1.807, 2.05) is 24.3 Å². The Balaban J connectivity index is 2.15. The van der Waals surface area contributed by atoms with E-state index in [4.69, 9.17) is 11.6 Å². The summed E-state index contributed by atoms with van der Waals surface area (Å²) in [6.07, 6.45) is 2.00. The Morgan fingerprint density at radius 2 is 2.00 bits per heavy atom. The van der Waals surface area contributed by atoms with Crippen LogP contribution in [0.5, 0.6) is 0 Å². The van der Waals surface area contributed by atoms with E-state index in [1.165, 1.54) is 6.39 Å². The fourth-order valence-corrected chi connectivity index (χ4v) is 1.18. The van der Waals surface area contributed by atoms with Crippen molar-refractivity contribution in [1.29, 1.82) is 0 Å². The van der Waals surface area contributed by atoms with Gasteiger partial charge >= 0.3 is 0 Å². The SMILES string of the molecule is Clc1ccc(Cc2ncon2)cc1. The second-order valence-electron chi connectivity index (χ2n) is 2.65. The first-order chi connectivity index (χ1) is 6.34. The highest BCUT2D eigenvalue weighted by Gasteiger charge is 1.99. The van der Waals surface area contributed by atoms with Crippen LogP contribution in [0.15, 0.2) is 35.2 Å². The minimum atomic E-state index is 0.674. The zero-order valence-electron chi connectivity index (χ0n) is 6.77. The van der Waals surface area contributed by atoms with Gasteiger partial charge in [-0.25, -0.2) is 0 Å². The predicted octanol–water partition coefficient (Wildman–Crippen LogP) is 2.31. The lowest BCUT2D eigenvalue weighted by Crippen LogP contribution is -1.89. The van der Waals surface area contributed by atoms with E-state index in [0.717, 1.165) is 10.6 Å². The normalized spacial score (nSPS) is 10.2. The van der Waals surface area contributed by atoms with E-state index in [1.54, 1.807) is 0 Å². The Morgan fingerprint density at radius 1 is 1.23 bits per heavy atom. The van der Waals surface area contributed by atoms with E-state index < -0.39 is 0 Å². The molecule has 0 amide bonds. The van der Waals surface area contributed by atoms with E-state index in [-0.39, 0.29) is 0 Å². The summed E-state index contributed by atoms with van der Waals surface area (Å²) >= 11 is 5.74. The van der Waals surface area contributed by atoms with Crippen molar-refractivity contribution in [2.45, 2.75) is 6.42 Å². The summed E-state index contributed by atoms with van der Waals surface area (Å²) in [6, 6.07) is 7.57. The van der Waals surface area contributed by atoms with Gasteiger partial charge in [0.25, 0.3) is 0 Å². The zero-order valence-corrected chi connectivity index (χ0v) is 7.53. The van der Waals surface area contributed by atoms with Crippen LogP contribution >= 0.6 is 11.6 Å². The van der Waals surface area contributed by atoms with Gasteiger partial charge in [0, 0.05) is 11.4 Å². The first-order valence-electron chi connectivity index (χ1n) is 3.84. The molecule has 13 heavy (non-hydrogen) atoms. The van der Waals surface area contributed by atoms with Gasteiger partial charge in [-0.1, -0.05) is 28.9 Å². The third-order valence-electron chi connectivity index (χ3n) is 1.68. The third kappa shape index (κ3) is 2.06. The molecular formula is C9H7ClN2O. The lowest BCUT2D eigenvalue weighted by molar-refractivity contribution is 0.411. The molecule has 1 aromatic carbocycles. The Kier molecular flexibility index (Phi) is 2.27. The molecule has 0 N–H and O–H groups in total. The number of halogens is 1. The van der Waals surface area contributed by atoms with Crippen molar-refractivity contribution in [3.8, 4) is 0 Å². The van der Waals surface area contributed by atoms with E-state index >= 15 is 0 Å². The topological polar surface area (TPSA) is 38.9 Å². The summed E-state index contributed by atoms with van der Waals surface area (Å²) in [5.74, 6) is 0.683. The third-order valence-corrected chi connectivity index (χ3v) is 1.93. The molecule has 3 nitrogen and oxygen atoms in total. The molecule has 0 unspecified atom stereocenters. The van der Waals surface area contributed by atoms with Gasteiger partial charge in [0.1, 0.15) is 0 Å². The molecule has 0 spiro atoms. The maximum atomic E-state index is 5.74. The molecule has 66 valence electrons. The predicted molar refractivity (Wildman–Crippen MR) is 48.6 cm³/mol. The standard InChI is InChI=1S/C9H7ClN2O/c10-8-3-1-7(2-4-8)5-9-11-6-13-12-9/h1-4,6H,5H2. The largest absolute Gasteiger partial charge is 0.343 e. The van der Waals surface area contributed by atoms with Gasteiger partial charge in [0.2, 0.25) is 6.39 Å². The van der Waals surface area contributed by atoms with Crippen molar-refractivity contribution < 1.29 is 4.52 Å². The summed E-state index contributed by atoms with van der Waals surface area (Å²) in [5, 5.41) is 4.45. The second kappa shape index (κ2) is 3.58. The number of rotatable bonds is 2. The first-order valence-corrected chi connectivity index (χ1v) is 4.22. The van der Waals surface area contributed by atoms with Crippen molar-refractivity contribution in [1.82, 2.24) is 10.1 Å². The average Bonchev–Trinajstić information content (AvgIpc) is 2.62. The molecule has 1 aromatic heterocycles. The van der Waals surface area contributed by atoms with Gasteiger partial charge in [0.15, 0.2) is 5.82 Å². The fourth-order valence-electron chi connectivity index (χ4n) is 1.06. The molecule has 2 aromatic rings. The summed E-state index contributed by atoms with van der Waals surface area (Å²) in [7, 11) is 0. The molecule has 4 heteroatoms. The average molecular weight is 195 g/mol. The summed E-state index contributed by atoms with van der Waals surface area (Å²) in [4.78, 5) is 3.92. The molecule has 0 atom stereocenters. The molecular weight excluding hydrogens is 188 g/mol. The molecule has 0 radical (unpaired) electrons. The Hall–Kier alpha value is -1.35. The van der Waals surface area contributed by atoms with Gasteiger partial charge in [-0.15, -0.1) is 0 Å². The fraction of sp³-hybridized carbons (Fsp3) is 0.111. The molecule has 0 aliphatic rings. The summed E-state index contributed by atoms with van der Waals surface area (Å²) < 4.78 is 4.62. The molecule has 0 aliphatic carbocycles. The molecule has 0 fully saturated rings. The van der Waals surface area contributed by atoms with Crippen molar-refractivity contribution in [2.75, 3.05) is 0 Å². The van der Waals surface area contributed by atoms with Gasteiger partial charge in [0.05, 0.1) is 0 Å². The van der Waals surface area contributed by atoms with Crippen molar-refractivity contribution >= 4 is 11.6 Å². The van der Waals surface area contributed by atoms with Crippen LogP contribution in [-0.4, -0.2) is 10.1 Å². The lowest BCUT2D eigenvalue weighted by atomic mass is 10.1. The molecule has 2 rings (SSSR count). The van der Waals surface area contributed by atoms with E-state index in [2.05, 4.69) is 14.7 Å². The summed E-state index contributed by atoms with van der Waals surface area (Å²) in [6.45, 7) is 0. The summed E-state index contributed by atoms with van der Waals surface area (Å²) in [5.41, 5.74) is 1.12. The van der Waals surface area contributed by atoms with Crippen LogP contribution in [0.1, 0.15) is 11.4 Å². The number of hydrogen-bond donors (Lipinski definition) is 0. The van der Waals surface area contributed by atoms with E-state index in [9.17, 15) is 0 Å². The Labute approximate surface area is 80.3 Å². The lowest BCUT2D eigenvalue weighted by Gasteiger charge is -1.95. The van der Waals surface area contributed by atoms with Crippen molar-refractivity contribution in [3.63, 3.8) is 0 Å². The Morgan fingerprint density at radius 3 is 2.62 bits per heavy atom. The van der Waals surface area contributed by atoms with Crippen LogP contribution in [0, 0.1) is 0 Å². The maximum Gasteiger partial charge on any atom is 0.213 e. The van der Waals surface area contributed by atoms with Crippen molar-refractivity contribution in [2.24, 2.45) is 0 Å². The van der Waals surface area contributed by atoms with Crippen LogP contribution in [0.2, 0.25) is 5.02 Å². The molecule has 0 aliphatic heterocycles. The van der Waals surface area contributed by atoms with Gasteiger partial charge < -0.3 is 4.52 Å². The minimum absolute atomic E-state index is 0.674. The number of hydrogen-bond acceptors (Lipinski definition) is 3. The first kappa shape index (κ1) is 8.26. The molecule has 1 heterocycles. The smallest absolute Gasteiger partial charge is 0.213 e. The Bertz CT molecular complexity index is 369. The molecule has 0 saturated heterocycles. The number of benzene rings is 1.